The molecular weight excluding hydrogens is 172 g/mol. The van der Waals surface area contributed by atoms with E-state index in [1.807, 2.05) is 0 Å². The van der Waals surface area contributed by atoms with Gasteiger partial charge < -0.3 is 10.3 Å². The summed E-state index contributed by atoms with van der Waals surface area (Å²) in [5.74, 6) is 0.511. The number of nitrogens with zero attached hydrogens (tertiary/aromatic N) is 1. The van der Waals surface area contributed by atoms with E-state index < -0.39 is 0 Å². The van der Waals surface area contributed by atoms with Crippen molar-refractivity contribution in [3.63, 3.8) is 0 Å². The Labute approximate surface area is 87.1 Å². The summed E-state index contributed by atoms with van der Waals surface area (Å²) in [4.78, 5) is 0. The van der Waals surface area contributed by atoms with Gasteiger partial charge in [-0.1, -0.05) is 27.2 Å². The molecule has 2 heteroatoms. The number of unbranched alkanes of at least 4 members (excludes halogenated alkanes) is 1. The molecule has 0 aliphatic carbocycles. The van der Waals surface area contributed by atoms with Gasteiger partial charge in [-0.3, -0.25) is 0 Å². The van der Waals surface area contributed by atoms with Gasteiger partial charge in [0.25, 0.3) is 0 Å². The second-order valence-corrected chi connectivity index (χ2v) is 4.31. The van der Waals surface area contributed by atoms with E-state index in [9.17, 15) is 0 Å². The van der Waals surface area contributed by atoms with E-state index in [-0.39, 0.29) is 6.04 Å². The molecule has 2 nitrogen and oxygen atoms in total. The van der Waals surface area contributed by atoms with Crippen molar-refractivity contribution in [1.82, 2.24) is 4.57 Å². The number of nitrogens with two attached hydrogens (primary N) is 1. The Morgan fingerprint density at radius 3 is 2.71 bits per heavy atom. The summed E-state index contributed by atoms with van der Waals surface area (Å²) in [5, 5.41) is 0. The minimum absolute atomic E-state index is 0.179. The van der Waals surface area contributed by atoms with Crippen LogP contribution in [0.4, 0.5) is 0 Å². The summed E-state index contributed by atoms with van der Waals surface area (Å²) in [5.41, 5.74) is 7.33. The van der Waals surface area contributed by atoms with Crippen LogP contribution in [0.3, 0.4) is 0 Å². The van der Waals surface area contributed by atoms with Crippen LogP contribution in [0.1, 0.15) is 45.2 Å². The maximum Gasteiger partial charge on any atom is 0.0333 e. The first-order chi connectivity index (χ1) is 6.65. The van der Waals surface area contributed by atoms with Gasteiger partial charge in [0.2, 0.25) is 0 Å². The molecular formula is C12H22N2. The Balaban J connectivity index is 2.58. The van der Waals surface area contributed by atoms with E-state index in [0.717, 1.165) is 6.54 Å². The van der Waals surface area contributed by atoms with E-state index in [0.29, 0.717) is 5.92 Å². The molecule has 0 saturated carbocycles. The van der Waals surface area contributed by atoms with Crippen LogP contribution in [-0.4, -0.2) is 4.57 Å². The molecule has 0 radical (unpaired) electrons. The van der Waals surface area contributed by atoms with Crippen LogP contribution in [0.5, 0.6) is 0 Å². The number of hydrogen-bond donors (Lipinski definition) is 1. The molecule has 1 aromatic rings. The predicted molar refractivity (Wildman–Crippen MR) is 61.1 cm³/mol. The van der Waals surface area contributed by atoms with Crippen LogP contribution in [0.25, 0.3) is 0 Å². The van der Waals surface area contributed by atoms with Crippen LogP contribution in [0.2, 0.25) is 0 Å². The molecule has 0 fully saturated rings. The van der Waals surface area contributed by atoms with Crippen molar-refractivity contribution in [3.8, 4) is 0 Å². The first-order valence-electron chi connectivity index (χ1n) is 5.56. The quantitative estimate of drug-likeness (QED) is 0.767. The van der Waals surface area contributed by atoms with Crippen molar-refractivity contribution < 1.29 is 0 Å². The molecule has 14 heavy (non-hydrogen) atoms. The van der Waals surface area contributed by atoms with Gasteiger partial charge in [0.1, 0.15) is 0 Å². The molecule has 1 aromatic heterocycles. The van der Waals surface area contributed by atoms with Crippen LogP contribution >= 0.6 is 0 Å². The minimum Gasteiger partial charge on any atom is -0.354 e. The molecule has 0 spiro atoms. The molecule has 0 saturated heterocycles. The van der Waals surface area contributed by atoms with Crippen molar-refractivity contribution in [2.75, 3.05) is 0 Å². The average Bonchev–Trinajstić information content (AvgIpc) is 2.61. The highest BCUT2D eigenvalue weighted by atomic mass is 14.9. The van der Waals surface area contributed by atoms with Crippen molar-refractivity contribution >= 4 is 0 Å². The fraction of sp³-hybridized carbons (Fsp3) is 0.667. The summed E-state index contributed by atoms with van der Waals surface area (Å²) in [7, 11) is 0. The maximum atomic E-state index is 6.07. The van der Waals surface area contributed by atoms with Gasteiger partial charge in [-0.05, 0) is 24.0 Å². The third-order valence-electron chi connectivity index (χ3n) is 2.65. The van der Waals surface area contributed by atoms with Crippen molar-refractivity contribution in [1.29, 1.82) is 0 Å². The third kappa shape index (κ3) is 2.88. The lowest BCUT2D eigenvalue weighted by Gasteiger charge is -2.13. The lowest BCUT2D eigenvalue weighted by atomic mass is 10.00. The van der Waals surface area contributed by atoms with E-state index in [1.165, 1.54) is 18.4 Å². The molecule has 2 N–H and O–H groups in total. The minimum atomic E-state index is 0.179. The number of aromatic nitrogens is 1. The van der Waals surface area contributed by atoms with Crippen molar-refractivity contribution in [2.24, 2.45) is 11.7 Å². The highest BCUT2D eigenvalue weighted by Gasteiger charge is 2.10. The van der Waals surface area contributed by atoms with E-state index >= 15 is 0 Å². The fourth-order valence-electron chi connectivity index (χ4n) is 1.52. The van der Waals surface area contributed by atoms with Gasteiger partial charge >= 0.3 is 0 Å². The lowest BCUT2D eigenvalue weighted by molar-refractivity contribution is 0.512. The molecule has 1 atom stereocenters. The second kappa shape index (κ2) is 5.20. The first kappa shape index (κ1) is 11.3. The number of aryl methyl sites for hydroxylation is 1. The zero-order chi connectivity index (χ0) is 10.6. The van der Waals surface area contributed by atoms with Gasteiger partial charge in [-0.2, -0.15) is 0 Å². The van der Waals surface area contributed by atoms with E-state index in [2.05, 4.69) is 43.8 Å². The molecule has 0 aliphatic heterocycles. The Hall–Kier alpha value is -0.760. The fourth-order valence-corrected chi connectivity index (χ4v) is 1.52. The van der Waals surface area contributed by atoms with Gasteiger partial charge in [0, 0.05) is 25.0 Å². The van der Waals surface area contributed by atoms with Crippen molar-refractivity contribution in [3.05, 3.63) is 24.0 Å². The SMILES string of the molecule is CCCCn1ccc(C(N)C(C)C)c1. The van der Waals surface area contributed by atoms with Gasteiger partial charge in [0.05, 0.1) is 0 Å². The molecule has 0 aromatic carbocycles. The monoisotopic (exact) mass is 194 g/mol. The average molecular weight is 194 g/mol. The van der Waals surface area contributed by atoms with Gasteiger partial charge in [0.15, 0.2) is 0 Å². The van der Waals surface area contributed by atoms with Gasteiger partial charge in [-0.15, -0.1) is 0 Å². The lowest BCUT2D eigenvalue weighted by Crippen LogP contribution is -2.15. The molecule has 1 unspecified atom stereocenters. The van der Waals surface area contributed by atoms with E-state index in [1.54, 1.807) is 0 Å². The Morgan fingerprint density at radius 2 is 2.14 bits per heavy atom. The molecule has 1 rings (SSSR count). The largest absolute Gasteiger partial charge is 0.354 e. The summed E-state index contributed by atoms with van der Waals surface area (Å²) in [6.45, 7) is 7.65. The van der Waals surface area contributed by atoms with Gasteiger partial charge in [-0.25, -0.2) is 0 Å². The molecule has 80 valence electrons. The molecule has 0 bridgehead atoms. The highest BCUT2D eigenvalue weighted by Crippen LogP contribution is 2.18. The first-order valence-corrected chi connectivity index (χ1v) is 5.56. The van der Waals surface area contributed by atoms with Crippen LogP contribution in [0.15, 0.2) is 18.5 Å². The zero-order valence-corrected chi connectivity index (χ0v) is 9.53. The standard InChI is InChI=1S/C12H22N2/c1-4-5-7-14-8-6-11(9-14)12(13)10(2)3/h6,8-10,12H,4-5,7,13H2,1-3H3. The maximum absolute atomic E-state index is 6.07. The number of rotatable bonds is 5. The Bertz CT molecular complexity index is 263. The third-order valence-corrected chi connectivity index (χ3v) is 2.65. The summed E-state index contributed by atoms with van der Waals surface area (Å²) >= 11 is 0. The summed E-state index contributed by atoms with van der Waals surface area (Å²) in [6.07, 6.45) is 6.79. The predicted octanol–water partition coefficient (Wildman–Crippen LogP) is 2.94. The second-order valence-electron chi connectivity index (χ2n) is 4.31. The van der Waals surface area contributed by atoms with Crippen LogP contribution < -0.4 is 5.73 Å². The van der Waals surface area contributed by atoms with Crippen LogP contribution in [0, 0.1) is 5.92 Å². The normalized spacial score (nSPS) is 13.5. The smallest absolute Gasteiger partial charge is 0.0333 e. The van der Waals surface area contributed by atoms with Crippen molar-refractivity contribution in [2.45, 2.75) is 46.2 Å². The molecule has 0 aliphatic rings. The zero-order valence-electron chi connectivity index (χ0n) is 9.53. The summed E-state index contributed by atoms with van der Waals surface area (Å²) in [6, 6.07) is 2.32. The summed E-state index contributed by atoms with van der Waals surface area (Å²) < 4.78 is 2.24. The van der Waals surface area contributed by atoms with Crippen LogP contribution in [-0.2, 0) is 6.54 Å². The number of hydrogen-bond acceptors (Lipinski definition) is 1. The Morgan fingerprint density at radius 1 is 1.43 bits per heavy atom. The topological polar surface area (TPSA) is 30.9 Å². The highest BCUT2D eigenvalue weighted by molar-refractivity contribution is 5.15. The van der Waals surface area contributed by atoms with E-state index in [4.69, 9.17) is 5.73 Å². The molecule has 1 heterocycles. The Kier molecular flexibility index (Phi) is 4.21. The molecule has 0 amide bonds.